The van der Waals surface area contributed by atoms with Gasteiger partial charge in [0, 0.05) is 6.42 Å². The molecule has 0 aromatic heterocycles. The fourth-order valence-electron chi connectivity index (χ4n) is 1.51. The van der Waals surface area contributed by atoms with Crippen LogP contribution in [0, 0.1) is 0 Å². The molecule has 1 aromatic rings. The Bertz CT molecular complexity index is 410. The molecule has 1 heterocycles. The molecule has 3 nitrogen and oxygen atoms in total. The van der Waals surface area contributed by atoms with Gasteiger partial charge >= 0.3 is 0 Å². The molecule has 1 aliphatic rings. The Balaban J connectivity index is 2.25. The van der Waals surface area contributed by atoms with Gasteiger partial charge in [-0.2, -0.15) is 0 Å². The van der Waals surface area contributed by atoms with E-state index in [4.69, 9.17) is 4.74 Å². The molecule has 1 aliphatic heterocycles. The Morgan fingerprint density at radius 2 is 2.27 bits per heavy atom. The SMILES string of the molecule is CCCC(=O)C1=Nc2ccccc2OC1. The van der Waals surface area contributed by atoms with E-state index in [1.54, 1.807) is 0 Å². The molecule has 78 valence electrons. The lowest BCUT2D eigenvalue weighted by Crippen LogP contribution is -2.23. The number of ketones is 1. The summed E-state index contributed by atoms with van der Waals surface area (Å²) in [4.78, 5) is 15.9. The van der Waals surface area contributed by atoms with Gasteiger partial charge in [-0.3, -0.25) is 4.79 Å². The van der Waals surface area contributed by atoms with Gasteiger partial charge < -0.3 is 4.74 Å². The third-order valence-electron chi connectivity index (χ3n) is 2.28. The molecule has 2 rings (SSSR count). The highest BCUT2D eigenvalue weighted by Gasteiger charge is 2.17. The van der Waals surface area contributed by atoms with Crippen LogP contribution in [0.3, 0.4) is 0 Å². The molecule has 1 aromatic carbocycles. The average molecular weight is 203 g/mol. The Hall–Kier alpha value is -1.64. The van der Waals surface area contributed by atoms with E-state index >= 15 is 0 Å². The minimum atomic E-state index is 0.0898. The van der Waals surface area contributed by atoms with Crippen molar-refractivity contribution in [3.05, 3.63) is 24.3 Å². The fourth-order valence-corrected chi connectivity index (χ4v) is 1.51. The fraction of sp³-hybridized carbons (Fsp3) is 0.333. The van der Waals surface area contributed by atoms with Gasteiger partial charge in [0.2, 0.25) is 0 Å². The zero-order valence-corrected chi connectivity index (χ0v) is 8.69. The molecule has 3 heteroatoms. The molecule has 0 unspecified atom stereocenters. The van der Waals surface area contributed by atoms with Gasteiger partial charge in [-0.25, -0.2) is 4.99 Å². The van der Waals surface area contributed by atoms with Gasteiger partial charge in [-0.15, -0.1) is 0 Å². The maximum Gasteiger partial charge on any atom is 0.180 e. The highest BCUT2D eigenvalue weighted by molar-refractivity contribution is 6.41. The molecule has 0 spiro atoms. The Kier molecular flexibility index (Phi) is 2.81. The summed E-state index contributed by atoms with van der Waals surface area (Å²) in [6, 6.07) is 7.50. The van der Waals surface area contributed by atoms with Crippen LogP contribution in [-0.4, -0.2) is 18.1 Å². The van der Waals surface area contributed by atoms with E-state index in [1.165, 1.54) is 0 Å². The second-order valence-electron chi connectivity index (χ2n) is 3.49. The van der Waals surface area contributed by atoms with Crippen LogP contribution >= 0.6 is 0 Å². The average Bonchev–Trinajstić information content (AvgIpc) is 2.29. The number of para-hydroxylation sites is 2. The summed E-state index contributed by atoms with van der Waals surface area (Å²) in [5.41, 5.74) is 1.29. The van der Waals surface area contributed by atoms with Crippen LogP contribution in [0.5, 0.6) is 5.75 Å². The van der Waals surface area contributed by atoms with Crippen LogP contribution in [0.2, 0.25) is 0 Å². The van der Waals surface area contributed by atoms with Gasteiger partial charge in [-0.05, 0) is 18.6 Å². The first-order valence-corrected chi connectivity index (χ1v) is 5.14. The number of hydrogen-bond acceptors (Lipinski definition) is 3. The predicted molar refractivity (Wildman–Crippen MR) is 58.9 cm³/mol. The summed E-state index contributed by atoms with van der Waals surface area (Å²) < 4.78 is 5.45. The number of Topliss-reactive ketones (excluding diaryl/α,β-unsaturated/α-hetero) is 1. The van der Waals surface area contributed by atoms with Gasteiger partial charge in [0.1, 0.15) is 23.8 Å². The zero-order chi connectivity index (χ0) is 10.7. The number of nitrogens with zero attached hydrogens (tertiary/aromatic N) is 1. The number of rotatable bonds is 3. The van der Waals surface area contributed by atoms with Crippen LogP contribution in [0.25, 0.3) is 0 Å². The van der Waals surface area contributed by atoms with Crippen LogP contribution in [-0.2, 0) is 4.79 Å². The van der Waals surface area contributed by atoms with E-state index in [-0.39, 0.29) is 5.78 Å². The smallest absolute Gasteiger partial charge is 0.180 e. The Labute approximate surface area is 88.8 Å². The molecule has 0 saturated heterocycles. The van der Waals surface area contributed by atoms with Crippen molar-refractivity contribution < 1.29 is 9.53 Å². The van der Waals surface area contributed by atoms with Crippen molar-refractivity contribution in [1.82, 2.24) is 0 Å². The monoisotopic (exact) mass is 203 g/mol. The summed E-state index contributed by atoms with van der Waals surface area (Å²) in [7, 11) is 0. The summed E-state index contributed by atoms with van der Waals surface area (Å²) in [5.74, 6) is 0.845. The van der Waals surface area contributed by atoms with Crippen LogP contribution in [0.4, 0.5) is 5.69 Å². The van der Waals surface area contributed by atoms with Gasteiger partial charge in [0.25, 0.3) is 0 Å². The van der Waals surface area contributed by atoms with Crippen molar-refractivity contribution in [2.75, 3.05) is 6.61 Å². The largest absolute Gasteiger partial charge is 0.485 e. The molecule has 0 amide bonds. The van der Waals surface area contributed by atoms with Crippen LogP contribution in [0.15, 0.2) is 29.3 Å². The summed E-state index contributed by atoms with van der Waals surface area (Å²) in [6.07, 6.45) is 1.39. The number of carbonyl (C=O) groups is 1. The Morgan fingerprint density at radius 1 is 1.47 bits per heavy atom. The van der Waals surface area contributed by atoms with E-state index in [9.17, 15) is 4.79 Å². The lowest BCUT2D eigenvalue weighted by Gasteiger charge is -2.15. The quantitative estimate of drug-likeness (QED) is 0.757. The van der Waals surface area contributed by atoms with E-state index in [1.807, 2.05) is 31.2 Å². The summed E-state index contributed by atoms with van der Waals surface area (Å²) >= 11 is 0. The van der Waals surface area contributed by atoms with Gasteiger partial charge in [0.05, 0.1) is 0 Å². The molecule has 15 heavy (non-hydrogen) atoms. The van der Waals surface area contributed by atoms with Crippen molar-refractivity contribution >= 4 is 17.2 Å². The number of aliphatic imine (C=N–C) groups is 1. The highest BCUT2D eigenvalue weighted by atomic mass is 16.5. The van der Waals surface area contributed by atoms with E-state index < -0.39 is 0 Å². The van der Waals surface area contributed by atoms with Gasteiger partial charge in [0.15, 0.2) is 5.78 Å². The topological polar surface area (TPSA) is 38.7 Å². The first-order chi connectivity index (χ1) is 7.31. The maximum atomic E-state index is 11.6. The van der Waals surface area contributed by atoms with E-state index in [2.05, 4.69) is 4.99 Å². The van der Waals surface area contributed by atoms with Crippen molar-refractivity contribution in [2.45, 2.75) is 19.8 Å². The molecular weight excluding hydrogens is 190 g/mol. The van der Waals surface area contributed by atoms with E-state index in [0.29, 0.717) is 18.7 Å². The van der Waals surface area contributed by atoms with Crippen molar-refractivity contribution in [3.8, 4) is 5.75 Å². The lowest BCUT2D eigenvalue weighted by atomic mass is 10.1. The maximum absolute atomic E-state index is 11.6. The van der Waals surface area contributed by atoms with Gasteiger partial charge in [-0.1, -0.05) is 19.1 Å². The first kappa shape index (κ1) is 9.90. The molecular formula is C12H13NO2. The first-order valence-electron chi connectivity index (χ1n) is 5.14. The Morgan fingerprint density at radius 3 is 3.07 bits per heavy atom. The van der Waals surface area contributed by atoms with Crippen molar-refractivity contribution in [2.24, 2.45) is 4.99 Å². The number of hydrogen-bond donors (Lipinski definition) is 0. The molecule has 0 fully saturated rings. The minimum Gasteiger partial charge on any atom is -0.485 e. The number of carbonyl (C=O) groups excluding carboxylic acids is 1. The van der Waals surface area contributed by atoms with Crippen LogP contribution < -0.4 is 4.74 Å². The second-order valence-corrected chi connectivity index (χ2v) is 3.49. The number of benzene rings is 1. The summed E-state index contributed by atoms with van der Waals surface area (Å²) in [5, 5.41) is 0. The summed E-state index contributed by atoms with van der Waals surface area (Å²) in [6.45, 7) is 2.28. The second kappa shape index (κ2) is 4.26. The standard InChI is InChI=1S/C12H13NO2/c1-2-5-11(14)10-8-15-12-7-4-3-6-9(12)13-10/h3-4,6-7H,2,5,8H2,1H3. The number of ether oxygens (including phenoxy) is 1. The minimum absolute atomic E-state index is 0.0898. The predicted octanol–water partition coefficient (Wildman–Crippen LogP) is 2.52. The normalized spacial score (nSPS) is 13.8. The van der Waals surface area contributed by atoms with Crippen molar-refractivity contribution in [3.63, 3.8) is 0 Å². The molecule has 0 N–H and O–H groups in total. The molecule has 0 atom stereocenters. The molecule has 0 aliphatic carbocycles. The number of fused-ring (bicyclic) bond motifs is 1. The molecule has 0 radical (unpaired) electrons. The van der Waals surface area contributed by atoms with Crippen LogP contribution in [0.1, 0.15) is 19.8 Å². The highest BCUT2D eigenvalue weighted by Crippen LogP contribution is 2.29. The molecule has 0 bridgehead atoms. The lowest BCUT2D eigenvalue weighted by molar-refractivity contribution is -0.113. The molecule has 0 saturated carbocycles. The third-order valence-corrected chi connectivity index (χ3v) is 2.28. The zero-order valence-electron chi connectivity index (χ0n) is 8.69. The van der Waals surface area contributed by atoms with E-state index in [0.717, 1.165) is 17.9 Å². The van der Waals surface area contributed by atoms with Crippen molar-refractivity contribution in [1.29, 1.82) is 0 Å². The third kappa shape index (κ3) is 2.06.